The van der Waals surface area contributed by atoms with E-state index in [0.29, 0.717) is 6.42 Å². The highest BCUT2D eigenvalue weighted by molar-refractivity contribution is 5.86. The summed E-state index contributed by atoms with van der Waals surface area (Å²) in [7, 11) is 0. The fourth-order valence-corrected chi connectivity index (χ4v) is 1.62. The van der Waals surface area contributed by atoms with E-state index in [1.165, 1.54) is 0 Å². The van der Waals surface area contributed by atoms with Crippen molar-refractivity contribution in [2.75, 3.05) is 0 Å². The van der Waals surface area contributed by atoms with E-state index in [2.05, 4.69) is 0 Å². The Balaban J connectivity index is 2.38. The minimum atomic E-state index is 0.265. The predicted molar refractivity (Wildman–Crippen MR) is 65.3 cm³/mol. The molecule has 0 aliphatic rings. The first kappa shape index (κ1) is 10.4. The SMILES string of the molecule is O=CCC=Cc1ccc2ccc(O)cc2c1. The molecule has 0 saturated carbocycles. The predicted octanol–water partition coefficient (Wildman–Crippen LogP) is 3.15. The maximum Gasteiger partial charge on any atom is 0.123 e. The number of aromatic hydroxyl groups is 1. The molecule has 0 aliphatic carbocycles. The van der Waals surface area contributed by atoms with Gasteiger partial charge in [0, 0.05) is 6.42 Å². The van der Waals surface area contributed by atoms with Crippen LogP contribution < -0.4 is 0 Å². The lowest BCUT2D eigenvalue weighted by molar-refractivity contribution is -0.107. The number of phenolic OH excluding ortho intramolecular Hbond substituents is 1. The number of phenols is 1. The Kier molecular flexibility index (Phi) is 3.01. The molecule has 2 aromatic carbocycles. The molecule has 1 N–H and O–H groups in total. The second-order valence-corrected chi connectivity index (χ2v) is 3.60. The van der Waals surface area contributed by atoms with Gasteiger partial charge in [-0.3, -0.25) is 0 Å². The van der Waals surface area contributed by atoms with E-state index in [9.17, 15) is 9.90 Å². The largest absolute Gasteiger partial charge is 0.508 e. The zero-order valence-electron chi connectivity index (χ0n) is 8.76. The zero-order chi connectivity index (χ0) is 11.4. The third kappa shape index (κ3) is 2.28. The van der Waals surface area contributed by atoms with Crippen LogP contribution in [0.25, 0.3) is 16.8 Å². The van der Waals surface area contributed by atoms with E-state index in [0.717, 1.165) is 22.6 Å². The fraction of sp³-hybridized carbons (Fsp3) is 0.0714. The molecule has 0 fully saturated rings. The van der Waals surface area contributed by atoms with Gasteiger partial charge in [-0.25, -0.2) is 0 Å². The molecule has 0 radical (unpaired) electrons. The van der Waals surface area contributed by atoms with Crippen molar-refractivity contribution >= 4 is 23.1 Å². The number of fused-ring (bicyclic) bond motifs is 1. The van der Waals surface area contributed by atoms with Crippen molar-refractivity contribution in [1.29, 1.82) is 0 Å². The first-order valence-electron chi connectivity index (χ1n) is 5.12. The van der Waals surface area contributed by atoms with Crippen LogP contribution >= 0.6 is 0 Å². The van der Waals surface area contributed by atoms with Crippen LogP contribution in [0.1, 0.15) is 12.0 Å². The summed E-state index contributed by atoms with van der Waals surface area (Å²) in [6.07, 6.45) is 5.01. The summed E-state index contributed by atoms with van der Waals surface area (Å²) >= 11 is 0. The standard InChI is InChI=1S/C14H12O2/c15-8-2-1-3-11-4-5-12-6-7-14(16)10-13(12)9-11/h1,3-10,16H,2H2. The number of hydrogen-bond acceptors (Lipinski definition) is 2. The summed E-state index contributed by atoms with van der Waals surface area (Å²) in [5.74, 6) is 0.265. The number of carbonyl (C=O) groups is 1. The van der Waals surface area contributed by atoms with Crippen LogP contribution in [0.5, 0.6) is 5.75 Å². The van der Waals surface area contributed by atoms with E-state index in [-0.39, 0.29) is 5.75 Å². The molecule has 2 rings (SSSR count). The maximum atomic E-state index is 10.2. The van der Waals surface area contributed by atoms with Crippen molar-refractivity contribution in [3.63, 3.8) is 0 Å². The van der Waals surface area contributed by atoms with E-state index in [1.54, 1.807) is 12.1 Å². The lowest BCUT2D eigenvalue weighted by Crippen LogP contribution is -1.76. The summed E-state index contributed by atoms with van der Waals surface area (Å²) in [6.45, 7) is 0. The van der Waals surface area contributed by atoms with Gasteiger partial charge < -0.3 is 9.90 Å². The van der Waals surface area contributed by atoms with E-state index >= 15 is 0 Å². The third-order valence-electron chi connectivity index (χ3n) is 2.39. The molecule has 0 saturated heterocycles. The molecular weight excluding hydrogens is 200 g/mol. The van der Waals surface area contributed by atoms with Crippen LogP contribution in [0.2, 0.25) is 0 Å². The molecule has 0 aliphatic heterocycles. The zero-order valence-corrected chi connectivity index (χ0v) is 8.76. The number of benzene rings is 2. The number of hydrogen-bond donors (Lipinski definition) is 1. The molecule has 0 amide bonds. The van der Waals surface area contributed by atoms with Crippen LogP contribution in [0.4, 0.5) is 0 Å². The van der Waals surface area contributed by atoms with Gasteiger partial charge in [0.1, 0.15) is 12.0 Å². The number of rotatable bonds is 3. The summed E-state index contributed by atoms with van der Waals surface area (Å²) in [5, 5.41) is 11.5. The van der Waals surface area contributed by atoms with Crippen LogP contribution in [0.3, 0.4) is 0 Å². The highest BCUT2D eigenvalue weighted by Gasteiger charge is 1.95. The molecule has 0 bridgehead atoms. The second-order valence-electron chi connectivity index (χ2n) is 3.60. The third-order valence-corrected chi connectivity index (χ3v) is 2.39. The Hall–Kier alpha value is -2.09. The van der Waals surface area contributed by atoms with Crippen molar-refractivity contribution in [3.8, 4) is 5.75 Å². The van der Waals surface area contributed by atoms with Crippen molar-refractivity contribution in [2.45, 2.75) is 6.42 Å². The second kappa shape index (κ2) is 4.62. The molecule has 2 heteroatoms. The van der Waals surface area contributed by atoms with Gasteiger partial charge in [0.2, 0.25) is 0 Å². The molecule has 0 spiro atoms. The summed E-state index contributed by atoms with van der Waals surface area (Å²) < 4.78 is 0. The molecule has 0 unspecified atom stereocenters. The van der Waals surface area contributed by atoms with Crippen LogP contribution in [-0.2, 0) is 4.79 Å². The summed E-state index contributed by atoms with van der Waals surface area (Å²) in [6, 6.07) is 11.2. The molecular formula is C14H12O2. The van der Waals surface area contributed by atoms with Crippen LogP contribution in [-0.4, -0.2) is 11.4 Å². The lowest BCUT2D eigenvalue weighted by atomic mass is 10.1. The molecule has 80 valence electrons. The van der Waals surface area contributed by atoms with Gasteiger partial charge in [-0.15, -0.1) is 0 Å². The van der Waals surface area contributed by atoms with Crippen molar-refractivity contribution in [3.05, 3.63) is 48.0 Å². The summed E-state index contributed by atoms with van der Waals surface area (Å²) in [4.78, 5) is 10.2. The Labute approximate surface area is 93.8 Å². The average molecular weight is 212 g/mol. The van der Waals surface area contributed by atoms with Gasteiger partial charge >= 0.3 is 0 Å². The maximum absolute atomic E-state index is 10.2. The van der Waals surface area contributed by atoms with Gasteiger partial charge in [-0.2, -0.15) is 0 Å². The Bertz CT molecular complexity index is 541. The first-order valence-corrected chi connectivity index (χ1v) is 5.12. The molecule has 0 heterocycles. The van der Waals surface area contributed by atoms with Crippen molar-refractivity contribution in [2.24, 2.45) is 0 Å². The Morgan fingerprint density at radius 3 is 2.69 bits per heavy atom. The monoisotopic (exact) mass is 212 g/mol. The topological polar surface area (TPSA) is 37.3 Å². The lowest BCUT2D eigenvalue weighted by Gasteiger charge is -2.00. The minimum Gasteiger partial charge on any atom is -0.508 e. The van der Waals surface area contributed by atoms with E-state index in [1.807, 2.05) is 36.4 Å². The number of aldehydes is 1. The van der Waals surface area contributed by atoms with Gasteiger partial charge in [0.05, 0.1) is 0 Å². The van der Waals surface area contributed by atoms with Crippen molar-refractivity contribution < 1.29 is 9.90 Å². The molecule has 0 aromatic heterocycles. The normalized spacial score (nSPS) is 11.0. The van der Waals surface area contributed by atoms with Crippen LogP contribution in [0, 0.1) is 0 Å². The quantitative estimate of drug-likeness (QED) is 0.793. The van der Waals surface area contributed by atoms with Gasteiger partial charge in [-0.05, 0) is 34.5 Å². The number of allylic oxidation sites excluding steroid dienone is 1. The van der Waals surface area contributed by atoms with Crippen LogP contribution in [0.15, 0.2) is 42.5 Å². The average Bonchev–Trinajstić information content (AvgIpc) is 2.29. The smallest absolute Gasteiger partial charge is 0.123 e. The molecule has 2 aromatic rings. The minimum absolute atomic E-state index is 0.265. The van der Waals surface area contributed by atoms with Gasteiger partial charge in [-0.1, -0.05) is 30.4 Å². The van der Waals surface area contributed by atoms with Gasteiger partial charge in [0.25, 0.3) is 0 Å². The van der Waals surface area contributed by atoms with Gasteiger partial charge in [0.15, 0.2) is 0 Å². The van der Waals surface area contributed by atoms with E-state index < -0.39 is 0 Å². The Morgan fingerprint density at radius 1 is 1.06 bits per heavy atom. The highest BCUT2D eigenvalue weighted by Crippen LogP contribution is 2.21. The molecule has 16 heavy (non-hydrogen) atoms. The fourth-order valence-electron chi connectivity index (χ4n) is 1.62. The highest BCUT2D eigenvalue weighted by atomic mass is 16.3. The summed E-state index contributed by atoms with van der Waals surface area (Å²) in [5.41, 5.74) is 1.03. The first-order chi connectivity index (χ1) is 7.79. The Morgan fingerprint density at radius 2 is 1.88 bits per heavy atom. The molecule has 0 atom stereocenters. The number of carbonyl (C=O) groups excluding carboxylic acids is 1. The van der Waals surface area contributed by atoms with E-state index in [4.69, 9.17) is 0 Å². The molecule has 2 nitrogen and oxygen atoms in total. The van der Waals surface area contributed by atoms with Crippen molar-refractivity contribution in [1.82, 2.24) is 0 Å².